The highest BCUT2D eigenvalue weighted by Gasteiger charge is 2.29. The highest BCUT2D eigenvalue weighted by molar-refractivity contribution is 9.10. The lowest BCUT2D eigenvalue weighted by Crippen LogP contribution is -2.27. The molecule has 0 radical (unpaired) electrons. The maximum absolute atomic E-state index is 11.5. The molecule has 0 aromatic heterocycles. The van der Waals surface area contributed by atoms with Gasteiger partial charge in [0.05, 0.1) is 25.7 Å². The van der Waals surface area contributed by atoms with Gasteiger partial charge in [-0.2, -0.15) is 16.8 Å². The van der Waals surface area contributed by atoms with Crippen LogP contribution >= 0.6 is 15.9 Å². The van der Waals surface area contributed by atoms with Crippen LogP contribution in [-0.4, -0.2) is 42.6 Å². The van der Waals surface area contributed by atoms with E-state index in [1.54, 1.807) is 0 Å². The minimum absolute atomic E-state index is 0.213. The Morgan fingerprint density at radius 1 is 0.815 bits per heavy atom. The predicted molar refractivity (Wildman–Crippen MR) is 108 cm³/mol. The van der Waals surface area contributed by atoms with Crippen LogP contribution in [0.15, 0.2) is 59.1 Å². The molecule has 0 amide bonds. The van der Waals surface area contributed by atoms with Gasteiger partial charge in [-0.15, -0.1) is 0 Å². The predicted octanol–water partition coefficient (Wildman–Crippen LogP) is 3.15. The molecule has 0 aliphatic carbocycles. The fourth-order valence-electron chi connectivity index (χ4n) is 2.76. The first-order chi connectivity index (χ1) is 12.6. The van der Waals surface area contributed by atoms with Gasteiger partial charge in [0.1, 0.15) is 0 Å². The molecule has 27 heavy (non-hydrogen) atoms. The first-order valence-electron chi connectivity index (χ1n) is 8.05. The smallest absolute Gasteiger partial charge is 0.264 e. The van der Waals surface area contributed by atoms with Crippen LogP contribution in [0, 0.1) is 5.92 Å². The van der Waals surface area contributed by atoms with E-state index in [0.717, 1.165) is 28.1 Å². The average molecular weight is 477 g/mol. The van der Waals surface area contributed by atoms with Crippen molar-refractivity contribution >= 4 is 36.2 Å². The molecule has 0 saturated carbocycles. The van der Waals surface area contributed by atoms with Gasteiger partial charge in [0.15, 0.2) is 0 Å². The molecular weight excluding hydrogens is 456 g/mol. The molecular formula is C18H21BrO6S2. The van der Waals surface area contributed by atoms with E-state index in [1.807, 2.05) is 54.6 Å². The third-order valence-electron chi connectivity index (χ3n) is 3.86. The van der Waals surface area contributed by atoms with Gasteiger partial charge in [-0.3, -0.25) is 8.37 Å². The highest BCUT2D eigenvalue weighted by atomic mass is 79.9. The van der Waals surface area contributed by atoms with Gasteiger partial charge in [-0.05, 0) is 17.2 Å². The van der Waals surface area contributed by atoms with Crippen LogP contribution in [-0.2, 0) is 28.6 Å². The van der Waals surface area contributed by atoms with Crippen molar-refractivity contribution in [2.24, 2.45) is 5.92 Å². The molecule has 6 nitrogen and oxygen atoms in total. The number of benzene rings is 2. The van der Waals surface area contributed by atoms with E-state index in [9.17, 15) is 16.8 Å². The van der Waals surface area contributed by atoms with E-state index in [-0.39, 0.29) is 19.1 Å². The quantitative estimate of drug-likeness (QED) is 0.516. The summed E-state index contributed by atoms with van der Waals surface area (Å²) in [4.78, 5) is 0. The molecule has 0 aliphatic rings. The summed E-state index contributed by atoms with van der Waals surface area (Å²) in [7, 11) is -7.40. The van der Waals surface area contributed by atoms with Crippen molar-refractivity contribution in [2.75, 3.05) is 25.7 Å². The van der Waals surface area contributed by atoms with Crippen LogP contribution in [0.1, 0.15) is 17.0 Å². The monoisotopic (exact) mass is 476 g/mol. The van der Waals surface area contributed by atoms with E-state index in [2.05, 4.69) is 15.9 Å². The number of hydrogen-bond acceptors (Lipinski definition) is 6. The Balaban J connectivity index is 2.49. The first-order valence-corrected chi connectivity index (χ1v) is 12.5. The molecule has 1 unspecified atom stereocenters. The summed E-state index contributed by atoms with van der Waals surface area (Å²) in [5, 5.41) is 0. The largest absolute Gasteiger partial charge is 0.270 e. The number of rotatable bonds is 9. The Hall–Kier alpha value is -1.26. The molecule has 9 heteroatoms. The molecule has 2 aromatic rings. The third kappa shape index (κ3) is 7.34. The van der Waals surface area contributed by atoms with Gasteiger partial charge in [-0.25, -0.2) is 0 Å². The van der Waals surface area contributed by atoms with E-state index >= 15 is 0 Å². The van der Waals surface area contributed by atoms with Crippen molar-refractivity contribution in [2.45, 2.75) is 5.92 Å². The van der Waals surface area contributed by atoms with E-state index in [4.69, 9.17) is 8.37 Å². The lowest BCUT2D eigenvalue weighted by Gasteiger charge is -2.28. The van der Waals surface area contributed by atoms with Crippen LogP contribution in [0.25, 0.3) is 0 Å². The first kappa shape index (κ1) is 22.0. The molecule has 1 atom stereocenters. The third-order valence-corrected chi connectivity index (χ3v) is 5.71. The number of hydrogen-bond donors (Lipinski definition) is 0. The fraction of sp³-hybridized carbons (Fsp3) is 0.333. The Morgan fingerprint density at radius 3 is 1.78 bits per heavy atom. The van der Waals surface area contributed by atoms with E-state index in [1.165, 1.54) is 0 Å². The maximum Gasteiger partial charge on any atom is 0.264 e. The van der Waals surface area contributed by atoms with Crippen LogP contribution in [0.3, 0.4) is 0 Å². The minimum atomic E-state index is -3.70. The lowest BCUT2D eigenvalue weighted by molar-refractivity contribution is 0.173. The second-order valence-electron chi connectivity index (χ2n) is 6.15. The summed E-state index contributed by atoms with van der Waals surface area (Å²) < 4.78 is 56.9. The van der Waals surface area contributed by atoms with Crippen molar-refractivity contribution in [3.05, 3.63) is 70.2 Å². The Morgan fingerprint density at radius 2 is 1.30 bits per heavy atom. The van der Waals surface area contributed by atoms with Crippen LogP contribution in [0.5, 0.6) is 0 Å². The Bertz CT molecular complexity index is 922. The lowest BCUT2D eigenvalue weighted by atomic mass is 9.81. The maximum atomic E-state index is 11.5. The molecule has 0 aliphatic heterocycles. The molecule has 0 spiro atoms. The van der Waals surface area contributed by atoms with E-state index in [0.29, 0.717) is 0 Å². The van der Waals surface area contributed by atoms with Gasteiger partial charge in [0.25, 0.3) is 20.2 Å². The average Bonchev–Trinajstić information content (AvgIpc) is 2.58. The molecule has 0 heterocycles. The van der Waals surface area contributed by atoms with Gasteiger partial charge in [0, 0.05) is 16.3 Å². The Labute approximate surface area is 168 Å². The zero-order valence-corrected chi connectivity index (χ0v) is 18.1. The van der Waals surface area contributed by atoms with Crippen LogP contribution in [0.4, 0.5) is 0 Å². The second kappa shape index (κ2) is 9.29. The molecule has 2 aromatic carbocycles. The van der Waals surface area contributed by atoms with Gasteiger partial charge in [-0.1, -0.05) is 64.5 Å². The highest BCUT2D eigenvalue weighted by Crippen LogP contribution is 2.37. The van der Waals surface area contributed by atoms with Crippen molar-refractivity contribution in [1.29, 1.82) is 0 Å². The summed E-state index contributed by atoms with van der Waals surface area (Å²) in [5.41, 5.74) is 1.77. The standard InChI is InChI=1S/C18H21BrO6S2/c1-26(20,21)24-12-15(13-25-27(2,22)23)18(14-8-4-3-5-9-14)16-10-6-7-11-17(16)19/h3-11,15,18H,12-13H2,1-2H3. The van der Waals surface area contributed by atoms with Crippen molar-refractivity contribution in [3.63, 3.8) is 0 Å². The summed E-state index contributed by atoms with van der Waals surface area (Å²) in [6.45, 7) is -0.426. The van der Waals surface area contributed by atoms with Crippen molar-refractivity contribution < 1.29 is 25.2 Å². The fourth-order valence-corrected chi connectivity index (χ4v) is 4.13. The van der Waals surface area contributed by atoms with Crippen molar-refractivity contribution in [3.8, 4) is 0 Å². The molecule has 0 fully saturated rings. The number of halogens is 1. The summed E-state index contributed by atoms with van der Waals surface area (Å²) in [5.74, 6) is -0.902. The Kier molecular flexibility index (Phi) is 7.58. The molecule has 2 rings (SSSR count). The molecule has 148 valence electrons. The molecule has 0 bridgehead atoms. The van der Waals surface area contributed by atoms with Crippen LogP contribution in [0.2, 0.25) is 0 Å². The summed E-state index contributed by atoms with van der Waals surface area (Å²) in [6.07, 6.45) is 1.91. The second-order valence-corrected chi connectivity index (χ2v) is 10.3. The summed E-state index contributed by atoms with van der Waals surface area (Å²) >= 11 is 3.53. The SMILES string of the molecule is CS(=O)(=O)OCC(COS(C)(=O)=O)C(c1ccccc1)c1ccccc1Br. The molecule has 0 N–H and O–H groups in total. The normalized spacial score (nSPS) is 13.6. The zero-order valence-electron chi connectivity index (χ0n) is 14.9. The minimum Gasteiger partial charge on any atom is -0.270 e. The van der Waals surface area contributed by atoms with Gasteiger partial charge >= 0.3 is 0 Å². The molecule has 0 saturated heterocycles. The zero-order chi connectivity index (χ0) is 20.1. The van der Waals surface area contributed by atoms with Gasteiger partial charge < -0.3 is 0 Å². The van der Waals surface area contributed by atoms with Gasteiger partial charge in [0.2, 0.25) is 0 Å². The van der Waals surface area contributed by atoms with E-state index < -0.39 is 26.2 Å². The summed E-state index contributed by atoms with van der Waals surface area (Å²) in [6, 6.07) is 16.9. The van der Waals surface area contributed by atoms with Crippen LogP contribution < -0.4 is 0 Å². The van der Waals surface area contributed by atoms with Crippen molar-refractivity contribution in [1.82, 2.24) is 0 Å². The topological polar surface area (TPSA) is 86.7 Å².